The molecule has 1 N–H and O–H groups in total. The van der Waals surface area contributed by atoms with Gasteiger partial charge in [0.15, 0.2) is 5.82 Å². The molecule has 2 aromatic heterocycles. The van der Waals surface area contributed by atoms with Crippen molar-refractivity contribution in [3.8, 4) is 17.4 Å². The van der Waals surface area contributed by atoms with Crippen LogP contribution in [0, 0.1) is 5.41 Å². The number of anilines is 1. The number of amides is 1. The highest BCUT2D eigenvalue weighted by atomic mass is 16.5. The maximum Gasteiger partial charge on any atom is 0.238 e. The first-order valence-corrected chi connectivity index (χ1v) is 7.98. The minimum absolute atomic E-state index is 0.0346. The van der Waals surface area contributed by atoms with Crippen LogP contribution in [0.4, 0.5) is 5.69 Å². The Bertz CT molecular complexity index is 833. The Kier molecular flexibility index (Phi) is 4.52. The molecule has 3 aromatic rings. The smallest absolute Gasteiger partial charge is 0.238 e. The quantitative estimate of drug-likeness (QED) is 0.780. The average molecular weight is 336 g/mol. The van der Waals surface area contributed by atoms with Crippen molar-refractivity contribution in [1.82, 2.24) is 14.8 Å². The Balaban J connectivity index is 1.64. The number of rotatable bonds is 4. The first-order chi connectivity index (χ1) is 11.9. The van der Waals surface area contributed by atoms with Crippen molar-refractivity contribution in [1.29, 1.82) is 0 Å². The number of carbonyl (C=O) groups excluding carboxylic acids is 1. The van der Waals surface area contributed by atoms with Gasteiger partial charge < -0.3 is 14.6 Å². The first-order valence-electron chi connectivity index (χ1n) is 7.98. The van der Waals surface area contributed by atoms with E-state index in [2.05, 4.69) is 15.5 Å². The summed E-state index contributed by atoms with van der Waals surface area (Å²) < 4.78 is 7.55. The molecule has 128 valence electrons. The molecule has 0 aliphatic carbocycles. The zero-order valence-electron chi connectivity index (χ0n) is 14.4. The molecule has 6 heteroatoms. The fourth-order valence-electron chi connectivity index (χ4n) is 2.04. The van der Waals surface area contributed by atoms with Gasteiger partial charge in [0.1, 0.15) is 5.75 Å². The van der Waals surface area contributed by atoms with Crippen LogP contribution in [-0.2, 0) is 4.79 Å². The second-order valence-electron chi connectivity index (χ2n) is 6.65. The van der Waals surface area contributed by atoms with Gasteiger partial charge in [-0.15, -0.1) is 10.2 Å². The van der Waals surface area contributed by atoms with Crippen molar-refractivity contribution < 1.29 is 9.53 Å². The summed E-state index contributed by atoms with van der Waals surface area (Å²) in [4.78, 5) is 12.0. The molecule has 1 aromatic carbocycles. The summed E-state index contributed by atoms with van der Waals surface area (Å²) in [5.74, 6) is 1.71. The van der Waals surface area contributed by atoms with E-state index in [1.165, 1.54) is 0 Å². The van der Waals surface area contributed by atoms with Crippen molar-refractivity contribution >= 4 is 11.6 Å². The highest BCUT2D eigenvalue weighted by molar-refractivity contribution is 5.94. The zero-order chi connectivity index (χ0) is 17.9. The molecule has 0 bridgehead atoms. The molecule has 2 heterocycles. The Morgan fingerprint density at radius 3 is 2.24 bits per heavy atom. The van der Waals surface area contributed by atoms with Gasteiger partial charge in [0.05, 0.1) is 0 Å². The van der Waals surface area contributed by atoms with E-state index in [0.717, 1.165) is 11.5 Å². The second kappa shape index (κ2) is 6.76. The van der Waals surface area contributed by atoms with E-state index in [0.29, 0.717) is 11.6 Å². The normalized spacial score (nSPS) is 11.2. The summed E-state index contributed by atoms with van der Waals surface area (Å²) in [6, 6.07) is 14.6. The van der Waals surface area contributed by atoms with Crippen LogP contribution in [0.1, 0.15) is 20.8 Å². The van der Waals surface area contributed by atoms with Gasteiger partial charge in [-0.3, -0.25) is 4.79 Å². The van der Waals surface area contributed by atoms with Gasteiger partial charge in [0.2, 0.25) is 11.8 Å². The molecule has 0 saturated heterocycles. The van der Waals surface area contributed by atoms with Crippen molar-refractivity contribution in [2.75, 3.05) is 5.32 Å². The summed E-state index contributed by atoms with van der Waals surface area (Å²) >= 11 is 0. The van der Waals surface area contributed by atoms with Crippen LogP contribution in [0.5, 0.6) is 11.6 Å². The van der Waals surface area contributed by atoms with Crippen LogP contribution in [-0.4, -0.2) is 20.7 Å². The summed E-state index contributed by atoms with van der Waals surface area (Å²) in [5.41, 5.74) is 0.285. The van der Waals surface area contributed by atoms with E-state index in [9.17, 15) is 4.79 Å². The number of hydrogen-bond acceptors (Lipinski definition) is 4. The van der Waals surface area contributed by atoms with E-state index in [4.69, 9.17) is 4.74 Å². The Morgan fingerprint density at radius 2 is 1.68 bits per heavy atom. The largest absolute Gasteiger partial charge is 0.438 e. The van der Waals surface area contributed by atoms with Gasteiger partial charge in [-0.05, 0) is 42.5 Å². The SMILES string of the molecule is CC(C)(C)C(=O)Nc1ccc(Oc2ccc(-n3cccc3)nn2)cc1. The third-order valence-electron chi connectivity index (χ3n) is 3.51. The molecule has 6 nitrogen and oxygen atoms in total. The lowest BCUT2D eigenvalue weighted by atomic mass is 9.95. The van der Waals surface area contributed by atoms with Crippen LogP contribution in [0.25, 0.3) is 5.82 Å². The molecule has 25 heavy (non-hydrogen) atoms. The van der Waals surface area contributed by atoms with Gasteiger partial charge in [-0.2, -0.15) is 0 Å². The lowest BCUT2D eigenvalue weighted by Gasteiger charge is -2.17. The van der Waals surface area contributed by atoms with Crippen molar-refractivity contribution in [3.05, 3.63) is 60.9 Å². The summed E-state index contributed by atoms with van der Waals surface area (Å²) in [6.07, 6.45) is 3.80. The van der Waals surface area contributed by atoms with Crippen LogP contribution in [0.3, 0.4) is 0 Å². The van der Waals surface area contributed by atoms with Gasteiger partial charge in [0, 0.05) is 29.6 Å². The van der Waals surface area contributed by atoms with Gasteiger partial charge in [0.25, 0.3) is 0 Å². The molecule has 0 saturated carbocycles. The minimum atomic E-state index is -0.438. The van der Waals surface area contributed by atoms with Crippen LogP contribution in [0.15, 0.2) is 60.9 Å². The first kappa shape index (κ1) is 16.7. The van der Waals surface area contributed by atoms with Gasteiger partial charge in [-0.25, -0.2) is 0 Å². The lowest BCUT2D eigenvalue weighted by Crippen LogP contribution is -2.27. The number of nitrogens with one attached hydrogen (secondary N) is 1. The second-order valence-corrected chi connectivity index (χ2v) is 6.65. The molecule has 0 unspecified atom stereocenters. The highest BCUT2D eigenvalue weighted by Gasteiger charge is 2.21. The molecule has 0 fully saturated rings. The van der Waals surface area contributed by atoms with Crippen LogP contribution in [0.2, 0.25) is 0 Å². The maximum absolute atomic E-state index is 12.0. The van der Waals surface area contributed by atoms with Crippen molar-refractivity contribution in [2.45, 2.75) is 20.8 Å². The third-order valence-corrected chi connectivity index (χ3v) is 3.51. The minimum Gasteiger partial charge on any atom is -0.438 e. The van der Waals surface area contributed by atoms with Crippen LogP contribution >= 0.6 is 0 Å². The monoisotopic (exact) mass is 336 g/mol. The number of benzene rings is 1. The van der Waals surface area contributed by atoms with Crippen molar-refractivity contribution in [3.63, 3.8) is 0 Å². The predicted octanol–water partition coefficient (Wildman–Crippen LogP) is 4.04. The third kappa shape index (κ3) is 4.23. The highest BCUT2D eigenvalue weighted by Crippen LogP contribution is 2.23. The molecular weight excluding hydrogens is 316 g/mol. The fraction of sp³-hybridized carbons (Fsp3) is 0.211. The van der Waals surface area contributed by atoms with E-state index < -0.39 is 5.41 Å². The molecular formula is C19H20N4O2. The molecule has 1 amide bonds. The Morgan fingerprint density at radius 1 is 1.00 bits per heavy atom. The topological polar surface area (TPSA) is 69.0 Å². The van der Waals surface area contributed by atoms with Gasteiger partial charge in [-0.1, -0.05) is 20.8 Å². The zero-order valence-corrected chi connectivity index (χ0v) is 14.4. The number of hydrogen-bond donors (Lipinski definition) is 1. The predicted molar refractivity (Wildman–Crippen MR) is 96.0 cm³/mol. The van der Waals surface area contributed by atoms with E-state index in [1.807, 2.05) is 55.9 Å². The molecule has 0 radical (unpaired) electrons. The lowest BCUT2D eigenvalue weighted by molar-refractivity contribution is -0.123. The van der Waals surface area contributed by atoms with Crippen LogP contribution < -0.4 is 10.1 Å². The number of aromatic nitrogens is 3. The van der Waals surface area contributed by atoms with E-state index in [-0.39, 0.29) is 5.91 Å². The fourth-order valence-corrected chi connectivity index (χ4v) is 2.04. The summed E-state index contributed by atoms with van der Waals surface area (Å²) in [5, 5.41) is 11.1. The molecule has 0 aliphatic heterocycles. The molecule has 0 aliphatic rings. The number of nitrogens with zero attached hydrogens (tertiary/aromatic N) is 3. The number of carbonyl (C=O) groups is 1. The average Bonchev–Trinajstić information content (AvgIpc) is 3.11. The van der Waals surface area contributed by atoms with Crippen molar-refractivity contribution in [2.24, 2.45) is 5.41 Å². The molecule has 0 spiro atoms. The standard InChI is InChI=1S/C19H20N4O2/c1-19(2,3)18(24)20-14-6-8-15(9-7-14)25-17-11-10-16(21-22-17)23-12-4-5-13-23/h4-13H,1-3H3,(H,20,24). The molecule has 0 atom stereocenters. The Labute approximate surface area is 146 Å². The number of ether oxygens (including phenoxy) is 1. The summed E-state index contributed by atoms with van der Waals surface area (Å²) in [7, 11) is 0. The molecule has 3 rings (SSSR count). The summed E-state index contributed by atoms with van der Waals surface area (Å²) in [6.45, 7) is 5.61. The van der Waals surface area contributed by atoms with E-state index >= 15 is 0 Å². The Hall–Kier alpha value is -3.15. The van der Waals surface area contributed by atoms with Gasteiger partial charge >= 0.3 is 0 Å². The van der Waals surface area contributed by atoms with E-state index in [1.54, 1.807) is 30.3 Å². The maximum atomic E-state index is 12.0.